The monoisotopic (exact) mass is 160 g/mol. The van der Waals surface area contributed by atoms with E-state index in [9.17, 15) is 0 Å². The van der Waals surface area contributed by atoms with Gasteiger partial charge in [-0.3, -0.25) is 0 Å². The second-order valence-electron chi connectivity index (χ2n) is 2.51. The van der Waals surface area contributed by atoms with Crippen molar-refractivity contribution < 1.29 is 0 Å². The summed E-state index contributed by atoms with van der Waals surface area (Å²) in [4.78, 5) is 0. The molecule has 0 amide bonds. The van der Waals surface area contributed by atoms with Crippen molar-refractivity contribution in [1.82, 2.24) is 10.2 Å². The van der Waals surface area contributed by atoms with E-state index in [4.69, 9.17) is 0 Å². The Morgan fingerprint density at radius 2 is 1.92 bits per heavy atom. The van der Waals surface area contributed by atoms with Crippen molar-refractivity contribution in [2.24, 2.45) is 0 Å². The SMILES string of the molecule is C/C=C\C=C/c1cnncc1C. The summed E-state index contributed by atoms with van der Waals surface area (Å²) in [6.07, 6.45) is 11.5. The van der Waals surface area contributed by atoms with E-state index in [1.807, 2.05) is 38.2 Å². The van der Waals surface area contributed by atoms with E-state index < -0.39 is 0 Å². The minimum Gasteiger partial charge on any atom is -0.159 e. The van der Waals surface area contributed by atoms with E-state index in [0.717, 1.165) is 11.1 Å². The normalized spacial score (nSPS) is 11.5. The van der Waals surface area contributed by atoms with Gasteiger partial charge < -0.3 is 0 Å². The quantitative estimate of drug-likeness (QED) is 0.621. The number of nitrogens with zero attached hydrogens (tertiary/aromatic N) is 2. The first kappa shape index (κ1) is 8.65. The molecule has 12 heavy (non-hydrogen) atoms. The van der Waals surface area contributed by atoms with E-state index in [-0.39, 0.29) is 0 Å². The summed E-state index contributed by atoms with van der Waals surface area (Å²) >= 11 is 0. The van der Waals surface area contributed by atoms with Crippen LogP contribution >= 0.6 is 0 Å². The highest BCUT2D eigenvalue weighted by atomic mass is 15.1. The summed E-state index contributed by atoms with van der Waals surface area (Å²) in [5.41, 5.74) is 2.26. The Balaban J connectivity index is 2.82. The van der Waals surface area contributed by atoms with Crippen molar-refractivity contribution in [3.05, 3.63) is 41.7 Å². The zero-order valence-corrected chi connectivity index (χ0v) is 7.36. The standard InChI is InChI=1S/C10H12N2/c1-3-4-5-6-10-8-12-11-7-9(10)2/h3-8H,1-2H3/b4-3-,6-5-. The molecule has 0 atom stereocenters. The second-order valence-corrected chi connectivity index (χ2v) is 2.51. The molecule has 0 spiro atoms. The van der Waals surface area contributed by atoms with Gasteiger partial charge in [-0.25, -0.2) is 0 Å². The van der Waals surface area contributed by atoms with Crippen molar-refractivity contribution >= 4 is 6.08 Å². The van der Waals surface area contributed by atoms with Gasteiger partial charge in [0.1, 0.15) is 0 Å². The minimum atomic E-state index is 1.11. The molecule has 0 saturated carbocycles. The molecule has 0 aromatic carbocycles. The summed E-state index contributed by atoms with van der Waals surface area (Å²) in [6, 6.07) is 0. The Bertz CT molecular complexity index is 300. The molecular formula is C10H12N2. The van der Waals surface area contributed by atoms with Gasteiger partial charge in [-0.1, -0.05) is 24.3 Å². The molecule has 1 aromatic rings. The Morgan fingerprint density at radius 3 is 2.58 bits per heavy atom. The molecule has 2 nitrogen and oxygen atoms in total. The fraction of sp³-hybridized carbons (Fsp3) is 0.200. The van der Waals surface area contributed by atoms with Gasteiger partial charge in [0, 0.05) is 0 Å². The van der Waals surface area contributed by atoms with E-state index in [1.165, 1.54) is 0 Å². The molecule has 0 unspecified atom stereocenters. The molecule has 1 heterocycles. The van der Waals surface area contributed by atoms with Crippen molar-refractivity contribution in [1.29, 1.82) is 0 Å². The lowest BCUT2D eigenvalue weighted by Gasteiger charge is -1.94. The maximum Gasteiger partial charge on any atom is 0.0571 e. The molecule has 0 aliphatic carbocycles. The smallest absolute Gasteiger partial charge is 0.0571 e. The fourth-order valence-electron chi connectivity index (χ4n) is 0.837. The van der Waals surface area contributed by atoms with Crippen LogP contribution in [0.15, 0.2) is 30.6 Å². The Kier molecular flexibility index (Phi) is 3.20. The number of allylic oxidation sites excluding steroid dienone is 3. The van der Waals surface area contributed by atoms with E-state index in [2.05, 4.69) is 10.2 Å². The van der Waals surface area contributed by atoms with Crippen LogP contribution in [0.25, 0.3) is 6.08 Å². The van der Waals surface area contributed by atoms with Crippen LogP contribution in [0.2, 0.25) is 0 Å². The lowest BCUT2D eigenvalue weighted by molar-refractivity contribution is 1.01. The number of hydrogen-bond donors (Lipinski definition) is 0. The first-order valence-corrected chi connectivity index (χ1v) is 3.91. The third-order valence-corrected chi connectivity index (χ3v) is 1.55. The molecule has 0 aliphatic heterocycles. The van der Waals surface area contributed by atoms with Crippen molar-refractivity contribution in [3.8, 4) is 0 Å². The fourth-order valence-corrected chi connectivity index (χ4v) is 0.837. The van der Waals surface area contributed by atoms with Crippen LogP contribution in [0, 0.1) is 6.92 Å². The van der Waals surface area contributed by atoms with Gasteiger partial charge in [0.15, 0.2) is 0 Å². The molecule has 2 heteroatoms. The number of rotatable bonds is 2. The summed E-state index contributed by atoms with van der Waals surface area (Å²) in [6.45, 7) is 4.01. The molecule has 0 radical (unpaired) electrons. The summed E-state index contributed by atoms with van der Waals surface area (Å²) in [5, 5.41) is 7.57. The predicted molar refractivity (Wildman–Crippen MR) is 50.6 cm³/mol. The number of aromatic nitrogens is 2. The van der Waals surface area contributed by atoms with Crippen LogP contribution in [0.4, 0.5) is 0 Å². The Hall–Kier alpha value is -1.44. The van der Waals surface area contributed by atoms with Crippen LogP contribution in [0.3, 0.4) is 0 Å². The van der Waals surface area contributed by atoms with Gasteiger partial charge in [-0.15, -0.1) is 0 Å². The first-order valence-electron chi connectivity index (χ1n) is 3.91. The van der Waals surface area contributed by atoms with E-state index in [1.54, 1.807) is 12.4 Å². The third-order valence-electron chi connectivity index (χ3n) is 1.55. The highest BCUT2D eigenvalue weighted by Crippen LogP contribution is 2.05. The average molecular weight is 160 g/mol. The van der Waals surface area contributed by atoms with Crippen molar-refractivity contribution in [3.63, 3.8) is 0 Å². The third kappa shape index (κ3) is 2.31. The molecule has 0 N–H and O–H groups in total. The van der Waals surface area contributed by atoms with E-state index in [0.29, 0.717) is 0 Å². The van der Waals surface area contributed by atoms with Crippen molar-refractivity contribution in [2.45, 2.75) is 13.8 Å². The number of hydrogen-bond acceptors (Lipinski definition) is 2. The lowest BCUT2D eigenvalue weighted by atomic mass is 10.2. The lowest BCUT2D eigenvalue weighted by Crippen LogP contribution is -1.85. The maximum absolute atomic E-state index is 3.80. The molecule has 1 aromatic heterocycles. The molecular weight excluding hydrogens is 148 g/mol. The van der Waals surface area contributed by atoms with Gasteiger partial charge in [-0.05, 0) is 25.0 Å². The largest absolute Gasteiger partial charge is 0.159 e. The number of aryl methyl sites for hydroxylation is 1. The average Bonchev–Trinajstić information content (AvgIpc) is 2.09. The Labute approximate surface area is 72.6 Å². The minimum absolute atomic E-state index is 1.11. The second kappa shape index (κ2) is 4.44. The summed E-state index contributed by atoms with van der Waals surface area (Å²) in [7, 11) is 0. The zero-order valence-electron chi connectivity index (χ0n) is 7.36. The van der Waals surface area contributed by atoms with Crippen LogP contribution in [-0.2, 0) is 0 Å². The van der Waals surface area contributed by atoms with Crippen LogP contribution in [0.1, 0.15) is 18.1 Å². The van der Waals surface area contributed by atoms with Crippen LogP contribution in [-0.4, -0.2) is 10.2 Å². The van der Waals surface area contributed by atoms with Gasteiger partial charge in [0.2, 0.25) is 0 Å². The summed E-state index contributed by atoms with van der Waals surface area (Å²) < 4.78 is 0. The van der Waals surface area contributed by atoms with Crippen LogP contribution in [0.5, 0.6) is 0 Å². The maximum atomic E-state index is 3.80. The van der Waals surface area contributed by atoms with Crippen LogP contribution < -0.4 is 0 Å². The van der Waals surface area contributed by atoms with Gasteiger partial charge >= 0.3 is 0 Å². The first-order chi connectivity index (χ1) is 5.84. The topological polar surface area (TPSA) is 25.8 Å². The predicted octanol–water partition coefficient (Wildman–Crippen LogP) is 2.37. The molecule has 1 rings (SSSR count). The highest BCUT2D eigenvalue weighted by Gasteiger charge is 1.90. The van der Waals surface area contributed by atoms with Gasteiger partial charge in [0.05, 0.1) is 12.4 Å². The Morgan fingerprint density at radius 1 is 1.17 bits per heavy atom. The molecule has 0 saturated heterocycles. The summed E-state index contributed by atoms with van der Waals surface area (Å²) in [5.74, 6) is 0. The van der Waals surface area contributed by atoms with Crippen molar-refractivity contribution in [2.75, 3.05) is 0 Å². The zero-order chi connectivity index (χ0) is 8.81. The van der Waals surface area contributed by atoms with Gasteiger partial charge in [0.25, 0.3) is 0 Å². The molecule has 62 valence electrons. The molecule has 0 aliphatic rings. The highest BCUT2D eigenvalue weighted by molar-refractivity contribution is 5.52. The molecule has 0 bridgehead atoms. The molecule has 0 fully saturated rings. The van der Waals surface area contributed by atoms with Gasteiger partial charge in [-0.2, -0.15) is 10.2 Å². The van der Waals surface area contributed by atoms with E-state index >= 15 is 0 Å².